The number of hydrogen-bond donors (Lipinski definition) is 2. The molecule has 0 bridgehead atoms. The molecule has 3 aromatic rings. The fourth-order valence-electron chi connectivity index (χ4n) is 2.65. The Labute approximate surface area is 168 Å². The molecule has 2 N–H and O–H groups in total. The average molecular weight is 403 g/mol. The van der Waals surface area contributed by atoms with Gasteiger partial charge in [0, 0.05) is 34.8 Å². The number of carbonyl (C=O) groups excluding carboxylic acids is 1. The molecule has 0 aliphatic heterocycles. The molecule has 1 amide bonds. The fraction of sp³-hybridized carbons (Fsp3) is 0.200. The molecule has 0 fully saturated rings. The van der Waals surface area contributed by atoms with Crippen LogP contribution in [0.25, 0.3) is 11.3 Å². The van der Waals surface area contributed by atoms with Gasteiger partial charge in [-0.05, 0) is 36.8 Å². The number of halogens is 2. The maximum Gasteiger partial charge on any atom is 0.239 e. The van der Waals surface area contributed by atoms with E-state index >= 15 is 0 Å². The molecule has 3 rings (SSSR count). The molecule has 0 aliphatic carbocycles. The van der Waals surface area contributed by atoms with Crippen molar-refractivity contribution in [1.29, 1.82) is 0 Å². The minimum Gasteiger partial charge on any atom is -0.310 e. The standard InChI is InChI=1S/C20H20Cl2N4O/c1-13(14-3-7-16(21)8-4-14)23-12-20(27)24-19-11-18(25-26(19)2)15-5-9-17(22)10-6-15/h3-11,13,23H,12H2,1-2H3,(H,24,27)/t13-/m0/s1. The molecule has 7 heteroatoms. The summed E-state index contributed by atoms with van der Waals surface area (Å²) in [4.78, 5) is 12.3. The van der Waals surface area contributed by atoms with Crippen LogP contribution >= 0.6 is 23.2 Å². The third-order valence-electron chi connectivity index (χ3n) is 4.23. The summed E-state index contributed by atoms with van der Waals surface area (Å²) in [5.41, 5.74) is 2.77. The Kier molecular flexibility index (Phi) is 6.16. The lowest BCUT2D eigenvalue weighted by molar-refractivity contribution is -0.115. The van der Waals surface area contributed by atoms with Gasteiger partial charge in [-0.25, -0.2) is 0 Å². The average Bonchev–Trinajstić information content (AvgIpc) is 3.01. The molecule has 140 valence electrons. The van der Waals surface area contributed by atoms with E-state index in [4.69, 9.17) is 23.2 Å². The topological polar surface area (TPSA) is 59.0 Å². The van der Waals surface area contributed by atoms with E-state index in [-0.39, 0.29) is 18.5 Å². The molecule has 1 aromatic heterocycles. The van der Waals surface area contributed by atoms with Crippen molar-refractivity contribution in [3.05, 3.63) is 70.2 Å². The van der Waals surface area contributed by atoms with Crippen molar-refractivity contribution in [3.63, 3.8) is 0 Å². The van der Waals surface area contributed by atoms with Crippen molar-refractivity contribution < 1.29 is 4.79 Å². The number of aryl methyl sites for hydroxylation is 1. The zero-order chi connectivity index (χ0) is 19.4. The number of amides is 1. The summed E-state index contributed by atoms with van der Waals surface area (Å²) in [6.07, 6.45) is 0. The Morgan fingerprint density at radius 2 is 1.67 bits per heavy atom. The van der Waals surface area contributed by atoms with Crippen LogP contribution < -0.4 is 10.6 Å². The van der Waals surface area contributed by atoms with Crippen LogP contribution in [0.1, 0.15) is 18.5 Å². The van der Waals surface area contributed by atoms with E-state index in [1.807, 2.05) is 61.5 Å². The largest absolute Gasteiger partial charge is 0.310 e. The zero-order valence-corrected chi connectivity index (χ0v) is 16.6. The van der Waals surface area contributed by atoms with Crippen LogP contribution in [0.4, 0.5) is 5.82 Å². The number of nitrogens with one attached hydrogen (secondary N) is 2. The molecule has 0 unspecified atom stereocenters. The molecular formula is C20H20Cl2N4O. The first-order valence-corrected chi connectivity index (χ1v) is 9.26. The number of anilines is 1. The normalized spacial score (nSPS) is 12.0. The lowest BCUT2D eigenvalue weighted by atomic mass is 10.1. The van der Waals surface area contributed by atoms with Gasteiger partial charge in [-0.2, -0.15) is 5.10 Å². The highest BCUT2D eigenvalue weighted by Crippen LogP contribution is 2.23. The predicted molar refractivity (Wildman–Crippen MR) is 110 cm³/mol. The van der Waals surface area contributed by atoms with Gasteiger partial charge in [0.2, 0.25) is 5.91 Å². The fourth-order valence-corrected chi connectivity index (χ4v) is 2.90. The van der Waals surface area contributed by atoms with Crippen molar-refractivity contribution in [2.45, 2.75) is 13.0 Å². The molecule has 1 heterocycles. The highest BCUT2D eigenvalue weighted by molar-refractivity contribution is 6.30. The Hall–Kier alpha value is -2.34. The highest BCUT2D eigenvalue weighted by Gasteiger charge is 2.12. The van der Waals surface area contributed by atoms with Crippen LogP contribution in [0.3, 0.4) is 0 Å². The third kappa shape index (κ3) is 5.10. The van der Waals surface area contributed by atoms with Crippen LogP contribution in [-0.2, 0) is 11.8 Å². The molecule has 5 nitrogen and oxygen atoms in total. The lowest BCUT2D eigenvalue weighted by Gasteiger charge is -2.14. The van der Waals surface area contributed by atoms with E-state index in [0.717, 1.165) is 16.8 Å². The summed E-state index contributed by atoms with van der Waals surface area (Å²) in [6.45, 7) is 2.19. The molecule has 27 heavy (non-hydrogen) atoms. The Balaban J connectivity index is 1.59. The maximum absolute atomic E-state index is 12.3. The molecule has 0 radical (unpaired) electrons. The van der Waals surface area contributed by atoms with E-state index < -0.39 is 0 Å². The minimum absolute atomic E-state index is 0.0317. The van der Waals surface area contributed by atoms with E-state index in [9.17, 15) is 4.79 Å². The minimum atomic E-state index is -0.138. The van der Waals surface area contributed by atoms with Gasteiger partial charge in [-0.1, -0.05) is 47.5 Å². The summed E-state index contributed by atoms with van der Waals surface area (Å²) in [5, 5.41) is 11.9. The molecule has 2 aromatic carbocycles. The second-order valence-corrected chi connectivity index (χ2v) is 7.12. The molecule has 0 aliphatic rings. The highest BCUT2D eigenvalue weighted by atomic mass is 35.5. The van der Waals surface area contributed by atoms with Gasteiger partial charge < -0.3 is 10.6 Å². The zero-order valence-electron chi connectivity index (χ0n) is 15.0. The van der Waals surface area contributed by atoms with Crippen LogP contribution in [-0.4, -0.2) is 22.2 Å². The van der Waals surface area contributed by atoms with E-state index in [1.165, 1.54) is 0 Å². The molecule has 0 saturated heterocycles. The molecular weight excluding hydrogens is 383 g/mol. The third-order valence-corrected chi connectivity index (χ3v) is 4.73. The summed E-state index contributed by atoms with van der Waals surface area (Å²) in [5.74, 6) is 0.493. The summed E-state index contributed by atoms with van der Waals surface area (Å²) < 4.78 is 1.64. The van der Waals surface area contributed by atoms with Crippen LogP contribution in [0.5, 0.6) is 0 Å². The van der Waals surface area contributed by atoms with Gasteiger partial charge in [-0.3, -0.25) is 9.48 Å². The Morgan fingerprint density at radius 3 is 2.30 bits per heavy atom. The predicted octanol–water partition coefficient (Wildman–Crippen LogP) is 4.68. The van der Waals surface area contributed by atoms with Crippen LogP contribution in [0.2, 0.25) is 10.0 Å². The smallest absolute Gasteiger partial charge is 0.239 e. The van der Waals surface area contributed by atoms with Crippen molar-refractivity contribution in [2.75, 3.05) is 11.9 Å². The van der Waals surface area contributed by atoms with E-state index in [0.29, 0.717) is 15.9 Å². The molecule has 0 saturated carbocycles. The van der Waals surface area contributed by atoms with Crippen molar-refractivity contribution in [3.8, 4) is 11.3 Å². The van der Waals surface area contributed by atoms with E-state index in [2.05, 4.69) is 15.7 Å². The second-order valence-electron chi connectivity index (χ2n) is 6.25. The van der Waals surface area contributed by atoms with Gasteiger partial charge in [-0.15, -0.1) is 0 Å². The van der Waals surface area contributed by atoms with Gasteiger partial charge in [0.1, 0.15) is 5.82 Å². The summed E-state index contributed by atoms with van der Waals surface area (Å²) in [6, 6.07) is 16.8. The van der Waals surface area contributed by atoms with Gasteiger partial charge >= 0.3 is 0 Å². The lowest BCUT2D eigenvalue weighted by Crippen LogP contribution is -2.30. The van der Waals surface area contributed by atoms with Crippen molar-refractivity contribution >= 4 is 34.9 Å². The summed E-state index contributed by atoms with van der Waals surface area (Å²) >= 11 is 11.8. The van der Waals surface area contributed by atoms with Crippen LogP contribution in [0.15, 0.2) is 54.6 Å². The first-order valence-electron chi connectivity index (χ1n) is 8.51. The SMILES string of the molecule is C[C@H](NCC(=O)Nc1cc(-c2ccc(Cl)cc2)nn1C)c1ccc(Cl)cc1. The number of rotatable bonds is 6. The number of aromatic nitrogens is 2. The quantitative estimate of drug-likeness (QED) is 0.628. The Morgan fingerprint density at radius 1 is 1.07 bits per heavy atom. The van der Waals surface area contributed by atoms with E-state index in [1.54, 1.807) is 11.7 Å². The molecule has 1 atom stereocenters. The van der Waals surface area contributed by atoms with Gasteiger partial charge in [0.15, 0.2) is 0 Å². The first-order chi connectivity index (χ1) is 12.9. The maximum atomic E-state index is 12.3. The van der Waals surface area contributed by atoms with Crippen LogP contribution in [0, 0.1) is 0 Å². The number of hydrogen-bond acceptors (Lipinski definition) is 3. The second kappa shape index (κ2) is 8.57. The Bertz CT molecular complexity index is 920. The summed E-state index contributed by atoms with van der Waals surface area (Å²) in [7, 11) is 1.79. The number of benzene rings is 2. The molecule has 0 spiro atoms. The van der Waals surface area contributed by atoms with Crippen molar-refractivity contribution in [1.82, 2.24) is 15.1 Å². The first kappa shape index (κ1) is 19.4. The monoisotopic (exact) mass is 402 g/mol. The van der Waals surface area contributed by atoms with Crippen molar-refractivity contribution in [2.24, 2.45) is 7.05 Å². The van der Waals surface area contributed by atoms with Gasteiger partial charge in [0.05, 0.1) is 12.2 Å². The number of carbonyl (C=O) groups is 1. The van der Waals surface area contributed by atoms with Gasteiger partial charge in [0.25, 0.3) is 0 Å². The number of nitrogens with zero attached hydrogens (tertiary/aromatic N) is 2.